The number of benzene rings is 1. The maximum atomic E-state index is 13.6. The first-order chi connectivity index (χ1) is 11.4. The molecule has 24 heavy (non-hydrogen) atoms. The van der Waals surface area contributed by atoms with Crippen molar-refractivity contribution in [3.63, 3.8) is 0 Å². The van der Waals surface area contributed by atoms with E-state index in [1.807, 2.05) is 0 Å². The number of carbonyl (C=O) groups excluding carboxylic acids is 3. The van der Waals surface area contributed by atoms with Crippen LogP contribution in [0, 0.1) is 5.82 Å². The van der Waals surface area contributed by atoms with Crippen molar-refractivity contribution >= 4 is 17.9 Å². The Morgan fingerprint density at radius 2 is 1.92 bits per heavy atom. The minimum absolute atomic E-state index is 0.419. The molecule has 0 saturated heterocycles. The number of rotatable bonds is 4. The van der Waals surface area contributed by atoms with Crippen LogP contribution < -0.4 is 10.6 Å². The fourth-order valence-corrected chi connectivity index (χ4v) is 2.98. The molecule has 0 aliphatic heterocycles. The zero-order chi connectivity index (χ0) is 17.7. The molecule has 1 aromatic rings. The first-order valence-electron chi connectivity index (χ1n) is 7.89. The average Bonchev–Trinajstić information content (AvgIpc) is 3.05. The maximum Gasteiger partial charge on any atom is 0.321 e. The summed E-state index contributed by atoms with van der Waals surface area (Å²) in [6, 6.07) is 5.23. The van der Waals surface area contributed by atoms with Gasteiger partial charge in [-0.05, 0) is 37.5 Å². The third-order valence-electron chi connectivity index (χ3n) is 4.34. The molecule has 130 valence electrons. The standard InChI is InChI=1S/C17H21FN2O4/c1-11(14(21)20-16(23)19-2)24-15(22)17(8-3-4-9-17)12-6-5-7-13(18)10-12/h5-7,10-11H,3-4,8-9H2,1-2H3,(H2,19,20,21,23). The smallest absolute Gasteiger partial charge is 0.321 e. The van der Waals surface area contributed by atoms with Gasteiger partial charge in [-0.25, -0.2) is 9.18 Å². The molecule has 1 aliphatic rings. The normalized spacial score (nSPS) is 17.0. The molecule has 2 rings (SSSR count). The van der Waals surface area contributed by atoms with Crippen molar-refractivity contribution in [1.29, 1.82) is 0 Å². The van der Waals surface area contributed by atoms with Crippen LogP contribution in [0.2, 0.25) is 0 Å². The predicted octanol–water partition coefficient (Wildman–Crippen LogP) is 2.02. The summed E-state index contributed by atoms with van der Waals surface area (Å²) in [5, 5.41) is 4.31. The Morgan fingerprint density at radius 1 is 1.25 bits per heavy atom. The number of imide groups is 1. The lowest BCUT2D eigenvalue weighted by atomic mass is 9.79. The number of esters is 1. The Morgan fingerprint density at radius 3 is 2.50 bits per heavy atom. The Bertz CT molecular complexity index is 641. The molecule has 1 unspecified atom stereocenters. The molecule has 1 atom stereocenters. The summed E-state index contributed by atoms with van der Waals surface area (Å²) in [7, 11) is 1.37. The number of nitrogens with one attached hydrogen (secondary N) is 2. The lowest BCUT2D eigenvalue weighted by Crippen LogP contribution is -2.45. The molecule has 0 aromatic heterocycles. The summed E-state index contributed by atoms with van der Waals surface area (Å²) in [5.74, 6) is -1.70. The van der Waals surface area contributed by atoms with Crippen molar-refractivity contribution in [2.45, 2.75) is 44.1 Å². The molecular weight excluding hydrogens is 315 g/mol. The summed E-state index contributed by atoms with van der Waals surface area (Å²) < 4.78 is 18.9. The second kappa shape index (κ2) is 7.42. The van der Waals surface area contributed by atoms with Crippen molar-refractivity contribution in [1.82, 2.24) is 10.6 Å². The van der Waals surface area contributed by atoms with Crippen LogP contribution in [0.1, 0.15) is 38.2 Å². The van der Waals surface area contributed by atoms with Gasteiger partial charge in [-0.1, -0.05) is 25.0 Å². The van der Waals surface area contributed by atoms with Gasteiger partial charge in [0.15, 0.2) is 6.10 Å². The molecule has 0 heterocycles. The first kappa shape index (κ1) is 17.9. The van der Waals surface area contributed by atoms with E-state index < -0.39 is 35.2 Å². The highest BCUT2D eigenvalue weighted by molar-refractivity contribution is 5.97. The van der Waals surface area contributed by atoms with Crippen LogP contribution >= 0.6 is 0 Å². The summed E-state index contributed by atoms with van der Waals surface area (Å²) in [4.78, 5) is 35.7. The zero-order valence-electron chi connectivity index (χ0n) is 13.7. The Labute approximate surface area is 139 Å². The predicted molar refractivity (Wildman–Crippen MR) is 84.7 cm³/mol. The molecule has 0 spiro atoms. The van der Waals surface area contributed by atoms with E-state index >= 15 is 0 Å². The molecule has 1 aliphatic carbocycles. The highest BCUT2D eigenvalue weighted by atomic mass is 19.1. The van der Waals surface area contributed by atoms with E-state index in [2.05, 4.69) is 10.6 Å². The fraction of sp³-hybridized carbons (Fsp3) is 0.471. The Hall–Kier alpha value is -2.44. The van der Waals surface area contributed by atoms with E-state index in [4.69, 9.17) is 4.74 Å². The molecule has 1 fully saturated rings. The Balaban J connectivity index is 2.15. The molecule has 2 N–H and O–H groups in total. The van der Waals surface area contributed by atoms with Crippen molar-refractivity contribution in [3.05, 3.63) is 35.6 Å². The molecule has 1 aromatic carbocycles. The van der Waals surface area contributed by atoms with Gasteiger partial charge in [0.25, 0.3) is 5.91 Å². The van der Waals surface area contributed by atoms with Gasteiger partial charge in [-0.15, -0.1) is 0 Å². The van der Waals surface area contributed by atoms with Crippen LogP contribution in [0.15, 0.2) is 24.3 Å². The molecule has 0 radical (unpaired) electrons. The number of carbonyl (C=O) groups is 3. The maximum absolute atomic E-state index is 13.6. The number of hydrogen-bond donors (Lipinski definition) is 2. The number of amides is 3. The summed E-state index contributed by atoms with van der Waals surface area (Å²) >= 11 is 0. The fourth-order valence-electron chi connectivity index (χ4n) is 2.98. The van der Waals surface area contributed by atoms with Gasteiger partial charge < -0.3 is 10.1 Å². The molecular formula is C17H21FN2O4. The lowest BCUT2D eigenvalue weighted by Gasteiger charge is -2.28. The van der Waals surface area contributed by atoms with E-state index in [-0.39, 0.29) is 0 Å². The minimum Gasteiger partial charge on any atom is -0.452 e. The third kappa shape index (κ3) is 3.72. The number of urea groups is 1. The van der Waals surface area contributed by atoms with Gasteiger partial charge in [0.2, 0.25) is 0 Å². The van der Waals surface area contributed by atoms with Gasteiger partial charge in [0.05, 0.1) is 5.41 Å². The Kier molecular flexibility index (Phi) is 5.54. The first-order valence-corrected chi connectivity index (χ1v) is 7.89. The topological polar surface area (TPSA) is 84.5 Å². The van der Waals surface area contributed by atoms with Gasteiger partial charge in [-0.2, -0.15) is 0 Å². The van der Waals surface area contributed by atoms with Crippen LogP contribution in [-0.2, 0) is 19.7 Å². The van der Waals surface area contributed by atoms with Crippen molar-refractivity contribution in [2.75, 3.05) is 7.05 Å². The monoisotopic (exact) mass is 336 g/mol. The largest absolute Gasteiger partial charge is 0.452 e. The van der Waals surface area contributed by atoms with E-state index in [1.54, 1.807) is 12.1 Å². The second-order valence-electron chi connectivity index (χ2n) is 5.92. The van der Waals surface area contributed by atoms with Gasteiger partial charge in [0.1, 0.15) is 5.82 Å². The van der Waals surface area contributed by atoms with Crippen LogP contribution in [0.25, 0.3) is 0 Å². The quantitative estimate of drug-likeness (QED) is 0.824. The molecule has 1 saturated carbocycles. The van der Waals surface area contributed by atoms with Crippen LogP contribution in [0.5, 0.6) is 0 Å². The zero-order valence-corrected chi connectivity index (χ0v) is 13.7. The van der Waals surface area contributed by atoms with E-state index in [0.29, 0.717) is 18.4 Å². The molecule has 7 heteroatoms. The lowest BCUT2D eigenvalue weighted by molar-refractivity contribution is -0.160. The van der Waals surface area contributed by atoms with Gasteiger partial charge in [-0.3, -0.25) is 14.9 Å². The summed E-state index contributed by atoms with van der Waals surface area (Å²) in [5.41, 5.74) is -0.382. The number of hydrogen-bond acceptors (Lipinski definition) is 4. The summed E-state index contributed by atoms with van der Waals surface area (Å²) in [6.45, 7) is 1.39. The second-order valence-corrected chi connectivity index (χ2v) is 5.92. The van der Waals surface area contributed by atoms with Gasteiger partial charge in [0, 0.05) is 7.05 Å². The highest BCUT2D eigenvalue weighted by Crippen LogP contribution is 2.42. The summed E-state index contributed by atoms with van der Waals surface area (Å²) in [6.07, 6.45) is 1.60. The SMILES string of the molecule is CNC(=O)NC(=O)C(C)OC(=O)C1(c2cccc(F)c2)CCCC1. The average molecular weight is 336 g/mol. The van der Waals surface area contributed by atoms with E-state index in [1.165, 1.54) is 26.1 Å². The number of halogens is 1. The van der Waals surface area contributed by atoms with Crippen LogP contribution in [0.3, 0.4) is 0 Å². The van der Waals surface area contributed by atoms with E-state index in [0.717, 1.165) is 12.8 Å². The number of ether oxygens (including phenoxy) is 1. The van der Waals surface area contributed by atoms with Crippen LogP contribution in [0.4, 0.5) is 9.18 Å². The van der Waals surface area contributed by atoms with Crippen molar-refractivity contribution in [3.8, 4) is 0 Å². The molecule has 3 amide bonds. The van der Waals surface area contributed by atoms with Crippen molar-refractivity contribution < 1.29 is 23.5 Å². The third-order valence-corrected chi connectivity index (χ3v) is 4.34. The highest BCUT2D eigenvalue weighted by Gasteiger charge is 2.45. The van der Waals surface area contributed by atoms with E-state index in [9.17, 15) is 18.8 Å². The molecule has 6 nitrogen and oxygen atoms in total. The van der Waals surface area contributed by atoms with Crippen LogP contribution in [-0.4, -0.2) is 31.1 Å². The van der Waals surface area contributed by atoms with Gasteiger partial charge >= 0.3 is 12.0 Å². The van der Waals surface area contributed by atoms with Crippen molar-refractivity contribution in [2.24, 2.45) is 0 Å². The molecule has 0 bridgehead atoms. The minimum atomic E-state index is -1.12.